The van der Waals surface area contributed by atoms with E-state index in [1.165, 1.54) is 0 Å². The molecule has 1 rings (SSSR count). The number of carboxylic acid groups (broad SMARTS) is 1. The van der Waals surface area contributed by atoms with E-state index in [2.05, 4.69) is 11.9 Å². The van der Waals surface area contributed by atoms with Gasteiger partial charge in [-0.05, 0) is 18.8 Å². The maximum Gasteiger partial charge on any atom is 0.404 e. The molecule has 1 aliphatic rings. The van der Waals surface area contributed by atoms with Crippen LogP contribution in [0, 0.1) is 5.92 Å². The minimum Gasteiger partial charge on any atom is -0.465 e. The molecule has 3 heteroatoms. The van der Waals surface area contributed by atoms with E-state index in [-0.39, 0.29) is 6.04 Å². The van der Waals surface area contributed by atoms with Crippen molar-refractivity contribution in [2.45, 2.75) is 25.3 Å². The van der Waals surface area contributed by atoms with Crippen LogP contribution in [-0.2, 0) is 0 Å². The van der Waals surface area contributed by atoms with Gasteiger partial charge in [0.25, 0.3) is 0 Å². The van der Waals surface area contributed by atoms with E-state index in [1.807, 2.05) is 6.08 Å². The Kier molecular flexibility index (Phi) is 2.52. The summed E-state index contributed by atoms with van der Waals surface area (Å²) < 4.78 is 0. The van der Waals surface area contributed by atoms with E-state index in [0.29, 0.717) is 5.92 Å². The quantitative estimate of drug-likeness (QED) is 0.595. The second-order valence-corrected chi connectivity index (χ2v) is 2.89. The zero-order valence-electron chi connectivity index (χ0n) is 6.42. The van der Waals surface area contributed by atoms with E-state index in [9.17, 15) is 4.79 Å². The number of rotatable bonds is 2. The lowest BCUT2D eigenvalue weighted by Gasteiger charge is -2.14. The smallest absolute Gasteiger partial charge is 0.404 e. The van der Waals surface area contributed by atoms with Gasteiger partial charge in [-0.15, -0.1) is 6.58 Å². The summed E-state index contributed by atoms with van der Waals surface area (Å²) in [6.07, 6.45) is 4.02. The van der Waals surface area contributed by atoms with E-state index < -0.39 is 6.09 Å². The Balaban J connectivity index is 2.43. The predicted molar refractivity (Wildman–Crippen MR) is 42.5 cm³/mol. The molecule has 2 N–H and O–H groups in total. The largest absolute Gasteiger partial charge is 0.465 e. The molecule has 0 saturated heterocycles. The Morgan fingerprint density at radius 1 is 1.64 bits per heavy atom. The van der Waals surface area contributed by atoms with Crippen molar-refractivity contribution in [1.29, 1.82) is 0 Å². The molecule has 11 heavy (non-hydrogen) atoms. The molecule has 0 bridgehead atoms. The van der Waals surface area contributed by atoms with Gasteiger partial charge in [0, 0.05) is 6.04 Å². The Morgan fingerprint density at radius 2 is 2.36 bits per heavy atom. The molecule has 0 aromatic carbocycles. The fourth-order valence-electron chi connectivity index (χ4n) is 1.61. The maximum atomic E-state index is 10.3. The van der Waals surface area contributed by atoms with E-state index in [1.54, 1.807) is 0 Å². The highest BCUT2D eigenvalue weighted by Crippen LogP contribution is 2.25. The van der Waals surface area contributed by atoms with Crippen LogP contribution in [0.3, 0.4) is 0 Å². The molecule has 62 valence electrons. The monoisotopic (exact) mass is 155 g/mol. The summed E-state index contributed by atoms with van der Waals surface area (Å²) in [6, 6.07) is 0.102. The first-order valence-electron chi connectivity index (χ1n) is 3.86. The fraction of sp³-hybridized carbons (Fsp3) is 0.625. The Labute approximate surface area is 66.1 Å². The second kappa shape index (κ2) is 3.42. The van der Waals surface area contributed by atoms with Gasteiger partial charge in [-0.25, -0.2) is 4.79 Å². The van der Waals surface area contributed by atoms with Crippen molar-refractivity contribution in [3.8, 4) is 0 Å². The Morgan fingerprint density at radius 3 is 2.91 bits per heavy atom. The first-order chi connectivity index (χ1) is 5.24. The highest BCUT2D eigenvalue weighted by Gasteiger charge is 2.25. The Hall–Kier alpha value is -0.990. The average molecular weight is 155 g/mol. The molecule has 0 aromatic heterocycles. The molecule has 0 aromatic rings. The zero-order chi connectivity index (χ0) is 8.27. The van der Waals surface area contributed by atoms with E-state index >= 15 is 0 Å². The van der Waals surface area contributed by atoms with Crippen LogP contribution in [0.4, 0.5) is 4.79 Å². The lowest BCUT2D eigenvalue weighted by atomic mass is 10.0. The van der Waals surface area contributed by atoms with Crippen LogP contribution < -0.4 is 5.32 Å². The molecule has 1 fully saturated rings. The molecular formula is C8H13NO2. The molecule has 0 aliphatic heterocycles. The fourth-order valence-corrected chi connectivity index (χ4v) is 1.61. The van der Waals surface area contributed by atoms with Crippen LogP contribution in [0.25, 0.3) is 0 Å². The van der Waals surface area contributed by atoms with Crippen LogP contribution in [0.5, 0.6) is 0 Å². The number of hydrogen-bond acceptors (Lipinski definition) is 1. The third kappa shape index (κ3) is 1.97. The van der Waals surface area contributed by atoms with Gasteiger partial charge in [-0.1, -0.05) is 12.5 Å². The highest BCUT2D eigenvalue weighted by molar-refractivity contribution is 5.65. The summed E-state index contributed by atoms with van der Waals surface area (Å²) in [5.41, 5.74) is 0. The van der Waals surface area contributed by atoms with Gasteiger partial charge in [-0.3, -0.25) is 0 Å². The normalized spacial score (nSPS) is 29.8. The molecular weight excluding hydrogens is 142 g/mol. The van der Waals surface area contributed by atoms with Gasteiger partial charge in [0.2, 0.25) is 0 Å². The highest BCUT2D eigenvalue weighted by atomic mass is 16.4. The Bertz CT molecular complexity index is 167. The summed E-state index contributed by atoms with van der Waals surface area (Å²) in [6.45, 7) is 3.67. The molecule has 2 atom stereocenters. The van der Waals surface area contributed by atoms with E-state index in [4.69, 9.17) is 5.11 Å². The third-order valence-electron chi connectivity index (χ3n) is 2.18. The van der Waals surface area contributed by atoms with E-state index in [0.717, 1.165) is 19.3 Å². The predicted octanol–water partition coefficient (Wildman–Crippen LogP) is 1.61. The third-order valence-corrected chi connectivity index (χ3v) is 2.18. The van der Waals surface area contributed by atoms with Crippen LogP contribution in [0.2, 0.25) is 0 Å². The molecule has 0 unspecified atom stereocenters. The first-order valence-corrected chi connectivity index (χ1v) is 3.86. The summed E-state index contributed by atoms with van der Waals surface area (Å²) in [4.78, 5) is 10.3. The van der Waals surface area contributed by atoms with Gasteiger partial charge in [0.05, 0.1) is 0 Å². The van der Waals surface area contributed by atoms with Gasteiger partial charge in [-0.2, -0.15) is 0 Å². The van der Waals surface area contributed by atoms with Gasteiger partial charge in [0.15, 0.2) is 0 Å². The van der Waals surface area contributed by atoms with Crippen LogP contribution in [0.15, 0.2) is 12.7 Å². The summed E-state index contributed by atoms with van der Waals surface area (Å²) in [7, 11) is 0. The molecule has 1 saturated carbocycles. The van der Waals surface area contributed by atoms with Crippen LogP contribution in [0.1, 0.15) is 19.3 Å². The molecule has 3 nitrogen and oxygen atoms in total. The molecule has 0 heterocycles. The minimum absolute atomic E-state index is 0.102. The topological polar surface area (TPSA) is 49.3 Å². The maximum absolute atomic E-state index is 10.3. The van der Waals surface area contributed by atoms with Crippen molar-refractivity contribution < 1.29 is 9.90 Å². The lowest BCUT2D eigenvalue weighted by molar-refractivity contribution is 0.188. The van der Waals surface area contributed by atoms with Crippen molar-refractivity contribution in [2.75, 3.05) is 0 Å². The first kappa shape index (κ1) is 8.11. The van der Waals surface area contributed by atoms with Crippen molar-refractivity contribution in [1.82, 2.24) is 5.32 Å². The van der Waals surface area contributed by atoms with Gasteiger partial charge in [0.1, 0.15) is 0 Å². The summed E-state index contributed by atoms with van der Waals surface area (Å²) in [5.74, 6) is 0.339. The summed E-state index contributed by atoms with van der Waals surface area (Å²) in [5, 5.41) is 10.9. The van der Waals surface area contributed by atoms with Crippen LogP contribution >= 0.6 is 0 Å². The molecule has 0 spiro atoms. The van der Waals surface area contributed by atoms with Crippen molar-refractivity contribution >= 4 is 6.09 Å². The number of carbonyl (C=O) groups is 1. The number of amides is 1. The van der Waals surface area contributed by atoms with Crippen molar-refractivity contribution in [3.05, 3.63) is 12.7 Å². The molecule has 1 aliphatic carbocycles. The SMILES string of the molecule is C=C[C@H]1CCC[C@H]1NC(=O)O. The van der Waals surface area contributed by atoms with Gasteiger partial charge >= 0.3 is 6.09 Å². The number of nitrogens with one attached hydrogen (secondary N) is 1. The second-order valence-electron chi connectivity index (χ2n) is 2.89. The number of hydrogen-bond donors (Lipinski definition) is 2. The minimum atomic E-state index is -0.927. The van der Waals surface area contributed by atoms with Crippen LogP contribution in [-0.4, -0.2) is 17.2 Å². The summed E-state index contributed by atoms with van der Waals surface area (Å²) >= 11 is 0. The average Bonchev–Trinajstić information content (AvgIpc) is 2.34. The lowest BCUT2D eigenvalue weighted by Crippen LogP contribution is -2.35. The molecule has 1 amide bonds. The zero-order valence-corrected chi connectivity index (χ0v) is 6.42. The molecule has 0 radical (unpaired) electrons. The standard InChI is InChI=1S/C8H13NO2/c1-2-6-4-3-5-7(6)9-8(10)11/h2,6-7,9H,1,3-5H2,(H,10,11)/t6-,7+/m0/s1. The van der Waals surface area contributed by atoms with Crippen molar-refractivity contribution in [2.24, 2.45) is 5.92 Å². The van der Waals surface area contributed by atoms with Gasteiger partial charge < -0.3 is 10.4 Å². The van der Waals surface area contributed by atoms with Crippen molar-refractivity contribution in [3.63, 3.8) is 0 Å².